The lowest BCUT2D eigenvalue weighted by atomic mass is 9.97. The quantitative estimate of drug-likeness (QED) is 0.573. The maximum atomic E-state index is 13.3. The number of rotatable bonds is 7. The van der Waals surface area contributed by atoms with E-state index < -0.39 is 18.2 Å². The van der Waals surface area contributed by atoms with Crippen LogP contribution in [-0.4, -0.2) is 48.7 Å². The number of nitriles is 1. The van der Waals surface area contributed by atoms with Crippen molar-refractivity contribution < 1.29 is 19.1 Å². The van der Waals surface area contributed by atoms with Crippen molar-refractivity contribution in [3.05, 3.63) is 59.2 Å². The molecule has 7 nitrogen and oxygen atoms in total. The average molecular weight is 462 g/mol. The summed E-state index contributed by atoms with van der Waals surface area (Å²) >= 11 is 0. The molecule has 1 aliphatic heterocycles. The van der Waals surface area contributed by atoms with Crippen LogP contribution in [0.5, 0.6) is 0 Å². The van der Waals surface area contributed by atoms with Crippen LogP contribution in [0.2, 0.25) is 0 Å². The Kier molecular flexibility index (Phi) is 7.18. The summed E-state index contributed by atoms with van der Waals surface area (Å²) in [4.78, 5) is 27.6. The molecule has 34 heavy (non-hydrogen) atoms. The number of ether oxygens (including phenoxy) is 2. The Hall–Kier alpha value is -3.37. The number of hydrogen-bond donors (Lipinski definition) is 1. The second-order valence-corrected chi connectivity index (χ2v) is 9.09. The van der Waals surface area contributed by atoms with Gasteiger partial charge in [-0.1, -0.05) is 62.7 Å². The van der Waals surface area contributed by atoms with Crippen molar-refractivity contribution in [1.29, 1.82) is 5.26 Å². The summed E-state index contributed by atoms with van der Waals surface area (Å²) in [6, 6.07) is 15.2. The van der Waals surface area contributed by atoms with Crippen LogP contribution in [0.1, 0.15) is 43.4 Å². The van der Waals surface area contributed by atoms with Gasteiger partial charge in [-0.3, -0.25) is 4.79 Å². The minimum Gasteiger partial charge on any atom is -0.445 e. The molecule has 4 atom stereocenters. The minimum absolute atomic E-state index is 0.114. The van der Waals surface area contributed by atoms with Gasteiger partial charge in [-0.25, -0.2) is 4.79 Å². The highest BCUT2D eigenvalue weighted by atomic mass is 16.5. The van der Waals surface area contributed by atoms with Gasteiger partial charge in [-0.05, 0) is 40.2 Å². The van der Waals surface area contributed by atoms with E-state index in [1.54, 1.807) is 7.11 Å². The average Bonchev–Trinajstić information content (AvgIpc) is 3.46. The van der Waals surface area contributed by atoms with E-state index in [-0.39, 0.29) is 24.5 Å². The molecule has 0 aromatic heterocycles. The third-order valence-corrected chi connectivity index (χ3v) is 7.09. The van der Waals surface area contributed by atoms with Gasteiger partial charge >= 0.3 is 6.09 Å². The molecule has 1 heterocycles. The van der Waals surface area contributed by atoms with Crippen LogP contribution in [-0.2, 0) is 27.3 Å². The Bertz CT molecular complexity index is 1110. The highest BCUT2D eigenvalue weighted by Crippen LogP contribution is 2.38. The second-order valence-electron chi connectivity index (χ2n) is 9.09. The Balaban J connectivity index is 1.43. The van der Waals surface area contributed by atoms with Crippen molar-refractivity contribution in [3.63, 3.8) is 0 Å². The highest BCUT2D eigenvalue weighted by Gasteiger charge is 2.40. The molecule has 0 bridgehead atoms. The Labute approximate surface area is 200 Å². The van der Waals surface area contributed by atoms with Crippen LogP contribution in [0.15, 0.2) is 42.5 Å². The molecule has 2 aromatic carbocycles. The van der Waals surface area contributed by atoms with Crippen LogP contribution < -0.4 is 5.32 Å². The van der Waals surface area contributed by atoms with Crippen molar-refractivity contribution in [3.8, 4) is 17.2 Å². The molecule has 1 aliphatic carbocycles. The molecule has 178 valence electrons. The zero-order valence-corrected chi connectivity index (χ0v) is 19.9. The molecule has 7 heteroatoms. The number of hydrogen-bond acceptors (Lipinski definition) is 5. The molecule has 1 fully saturated rings. The number of likely N-dealkylation sites (tertiary alicyclic amines) is 1. The normalized spacial score (nSPS) is 20.1. The minimum atomic E-state index is -0.769. The Morgan fingerprint density at radius 3 is 2.71 bits per heavy atom. The zero-order valence-electron chi connectivity index (χ0n) is 19.9. The van der Waals surface area contributed by atoms with E-state index in [9.17, 15) is 14.9 Å². The van der Waals surface area contributed by atoms with E-state index in [1.165, 1.54) is 27.2 Å². The van der Waals surface area contributed by atoms with Crippen molar-refractivity contribution in [2.24, 2.45) is 5.92 Å². The first kappa shape index (κ1) is 23.8. The zero-order chi connectivity index (χ0) is 24.2. The predicted octanol–water partition coefficient (Wildman–Crippen LogP) is 4.04. The number of nitrogens with one attached hydrogen (secondary N) is 1. The van der Waals surface area contributed by atoms with Crippen LogP contribution in [0.25, 0.3) is 11.1 Å². The van der Waals surface area contributed by atoms with Gasteiger partial charge in [-0.2, -0.15) is 5.26 Å². The van der Waals surface area contributed by atoms with E-state index in [1.807, 2.05) is 38.1 Å². The molecule has 2 aromatic rings. The number of benzene rings is 2. The Morgan fingerprint density at radius 2 is 1.97 bits per heavy atom. The third kappa shape index (κ3) is 4.64. The van der Waals surface area contributed by atoms with Crippen LogP contribution in [0.3, 0.4) is 0 Å². The highest BCUT2D eigenvalue weighted by molar-refractivity contribution is 5.87. The molecule has 0 saturated carbocycles. The molecule has 2 amide bonds. The van der Waals surface area contributed by atoms with Gasteiger partial charge in [-0.15, -0.1) is 0 Å². The van der Waals surface area contributed by atoms with Gasteiger partial charge in [0.2, 0.25) is 5.91 Å². The largest absolute Gasteiger partial charge is 0.445 e. The van der Waals surface area contributed by atoms with Crippen LogP contribution in [0.4, 0.5) is 4.79 Å². The summed E-state index contributed by atoms with van der Waals surface area (Å²) < 4.78 is 10.9. The summed E-state index contributed by atoms with van der Waals surface area (Å²) in [6.45, 7) is 4.34. The van der Waals surface area contributed by atoms with Gasteiger partial charge in [0.1, 0.15) is 18.7 Å². The molecular formula is C27H31N3O4. The van der Waals surface area contributed by atoms with E-state index in [0.717, 1.165) is 12.0 Å². The number of carbonyl (C=O) groups is 2. The number of carbonyl (C=O) groups excluding carboxylic acids is 2. The molecule has 1 N–H and O–H groups in total. The van der Waals surface area contributed by atoms with Crippen LogP contribution >= 0.6 is 0 Å². The lowest BCUT2D eigenvalue weighted by Crippen LogP contribution is -2.53. The topological polar surface area (TPSA) is 91.7 Å². The Morgan fingerprint density at radius 1 is 1.21 bits per heavy atom. The van der Waals surface area contributed by atoms with Gasteiger partial charge in [0.05, 0.1) is 12.2 Å². The summed E-state index contributed by atoms with van der Waals surface area (Å²) in [5.41, 5.74) is 5.80. The van der Waals surface area contributed by atoms with Gasteiger partial charge in [0.15, 0.2) is 0 Å². The molecule has 2 aliphatic rings. The number of amides is 2. The van der Waals surface area contributed by atoms with Crippen molar-refractivity contribution in [2.75, 3.05) is 13.7 Å². The molecule has 0 spiro atoms. The van der Waals surface area contributed by atoms with E-state index in [2.05, 4.69) is 29.6 Å². The lowest BCUT2D eigenvalue weighted by molar-refractivity contribution is -0.135. The van der Waals surface area contributed by atoms with Crippen molar-refractivity contribution in [1.82, 2.24) is 10.2 Å². The fourth-order valence-corrected chi connectivity index (χ4v) is 4.87. The fraction of sp³-hybridized carbons (Fsp3) is 0.444. The van der Waals surface area contributed by atoms with Crippen molar-refractivity contribution in [2.45, 2.75) is 57.9 Å². The molecule has 4 rings (SSSR count). The monoisotopic (exact) mass is 461 g/mol. The SMILES string of the molecule is CC[C@H](C)[C@H](NC(=O)OCc1cccc2c1Cc1ccccc1-2)C(=O)N1C[C@H](OC)C[C@H]1C#N. The molecule has 1 saturated heterocycles. The number of nitrogens with zero attached hydrogens (tertiary/aromatic N) is 2. The maximum absolute atomic E-state index is 13.3. The first-order chi connectivity index (χ1) is 16.5. The number of methoxy groups -OCH3 is 1. The van der Waals surface area contributed by atoms with Gasteiger partial charge in [0, 0.05) is 20.1 Å². The first-order valence-electron chi connectivity index (χ1n) is 11.8. The maximum Gasteiger partial charge on any atom is 0.408 e. The standard InChI is InChI=1S/C27H31N3O4/c1-4-17(2)25(26(31)30-15-21(33-3)13-20(30)14-28)29-27(32)34-16-19-9-7-11-23-22-10-6-5-8-18(22)12-24(19)23/h5-11,17,20-21,25H,4,12-13,15-16H2,1-3H3,(H,29,32)/t17-,20-,21+,25-/m0/s1. The lowest BCUT2D eigenvalue weighted by Gasteiger charge is -2.29. The second kappa shape index (κ2) is 10.3. The smallest absolute Gasteiger partial charge is 0.408 e. The van der Waals surface area contributed by atoms with Crippen LogP contribution in [0, 0.1) is 17.2 Å². The predicted molar refractivity (Wildman–Crippen MR) is 128 cm³/mol. The number of alkyl carbamates (subject to hydrolysis) is 1. The fourth-order valence-electron chi connectivity index (χ4n) is 4.87. The molecule has 0 unspecified atom stereocenters. The van der Waals surface area contributed by atoms with E-state index in [4.69, 9.17) is 9.47 Å². The van der Waals surface area contributed by atoms with Crippen molar-refractivity contribution >= 4 is 12.0 Å². The van der Waals surface area contributed by atoms with Gasteiger partial charge in [0.25, 0.3) is 0 Å². The summed E-state index contributed by atoms with van der Waals surface area (Å²) in [7, 11) is 1.58. The van der Waals surface area contributed by atoms with E-state index in [0.29, 0.717) is 19.4 Å². The third-order valence-electron chi connectivity index (χ3n) is 7.09. The molecular weight excluding hydrogens is 430 g/mol. The van der Waals surface area contributed by atoms with E-state index >= 15 is 0 Å². The summed E-state index contributed by atoms with van der Waals surface area (Å²) in [5.74, 6) is -0.384. The summed E-state index contributed by atoms with van der Waals surface area (Å²) in [5, 5.41) is 12.3. The van der Waals surface area contributed by atoms with Gasteiger partial charge < -0.3 is 19.7 Å². The first-order valence-corrected chi connectivity index (χ1v) is 11.8. The summed E-state index contributed by atoms with van der Waals surface area (Å²) in [6.07, 6.45) is 1.16. The molecule has 0 radical (unpaired) electrons. The number of fused-ring (bicyclic) bond motifs is 3.